The van der Waals surface area contributed by atoms with Crippen molar-refractivity contribution >= 4 is 34.5 Å². The fraction of sp³-hybridized carbons (Fsp3) is 0.421. The number of halogens is 1. The topological polar surface area (TPSA) is 26.8 Å². The summed E-state index contributed by atoms with van der Waals surface area (Å²) >= 11 is 7.90. The molecule has 0 saturated carbocycles. The Hall–Kier alpha value is -1.56. The molecular weight excluding hydrogens is 354 g/mol. The lowest BCUT2D eigenvalue weighted by Gasteiger charge is -2.37. The highest BCUT2D eigenvalue weighted by molar-refractivity contribution is 7.10. The predicted octanol–water partition coefficient (Wildman–Crippen LogP) is 3.11. The van der Waals surface area contributed by atoms with Gasteiger partial charge in [-0.25, -0.2) is 0 Å². The fourth-order valence-corrected chi connectivity index (χ4v) is 4.66. The lowest BCUT2D eigenvalue weighted by molar-refractivity contribution is -0.133. The highest BCUT2D eigenvalue weighted by atomic mass is 35.5. The van der Waals surface area contributed by atoms with Crippen molar-refractivity contribution in [1.29, 1.82) is 0 Å². The first-order valence-corrected chi connectivity index (χ1v) is 10.0. The molecule has 0 aliphatic carbocycles. The van der Waals surface area contributed by atoms with E-state index in [-0.39, 0.29) is 5.91 Å². The molecule has 0 radical (unpaired) electrons. The van der Waals surface area contributed by atoms with Crippen LogP contribution in [0.15, 0.2) is 35.7 Å². The number of piperazine rings is 1. The first-order valence-electron chi connectivity index (χ1n) is 8.75. The quantitative estimate of drug-likeness (QED) is 0.824. The summed E-state index contributed by atoms with van der Waals surface area (Å²) < 4.78 is 0. The van der Waals surface area contributed by atoms with Crippen LogP contribution < -0.4 is 4.90 Å². The zero-order chi connectivity index (χ0) is 17.2. The van der Waals surface area contributed by atoms with Gasteiger partial charge in [0.25, 0.3) is 0 Å². The predicted molar refractivity (Wildman–Crippen MR) is 104 cm³/mol. The Labute approximate surface area is 157 Å². The van der Waals surface area contributed by atoms with Gasteiger partial charge in [0.15, 0.2) is 0 Å². The van der Waals surface area contributed by atoms with Crippen LogP contribution in [0.4, 0.5) is 5.69 Å². The summed E-state index contributed by atoms with van der Waals surface area (Å²) in [7, 11) is 0. The highest BCUT2D eigenvalue weighted by Crippen LogP contribution is 2.24. The van der Waals surface area contributed by atoms with Crippen LogP contribution in [0.1, 0.15) is 10.4 Å². The summed E-state index contributed by atoms with van der Waals surface area (Å²) in [4.78, 5) is 20.7. The van der Waals surface area contributed by atoms with Crippen molar-refractivity contribution in [2.45, 2.75) is 13.0 Å². The van der Waals surface area contributed by atoms with Gasteiger partial charge in [-0.3, -0.25) is 9.69 Å². The molecule has 1 saturated heterocycles. The van der Waals surface area contributed by atoms with Gasteiger partial charge in [0.05, 0.1) is 6.54 Å². The average Bonchev–Trinajstić information content (AvgIpc) is 3.10. The van der Waals surface area contributed by atoms with E-state index < -0.39 is 0 Å². The number of rotatable bonds is 3. The van der Waals surface area contributed by atoms with Crippen LogP contribution in [0.3, 0.4) is 0 Å². The molecule has 4 nitrogen and oxygen atoms in total. The number of carbonyl (C=O) groups is 1. The van der Waals surface area contributed by atoms with Gasteiger partial charge < -0.3 is 9.80 Å². The molecule has 1 aromatic carbocycles. The molecule has 1 fully saturated rings. The summed E-state index contributed by atoms with van der Waals surface area (Å²) in [6.45, 7) is 5.86. The number of thiophene rings is 1. The number of hydrogen-bond donors (Lipinski definition) is 0. The summed E-state index contributed by atoms with van der Waals surface area (Å²) in [6.07, 6.45) is 1.00. The summed E-state index contributed by atoms with van der Waals surface area (Å²) in [5, 5.41) is 2.90. The number of anilines is 1. The molecule has 6 heteroatoms. The van der Waals surface area contributed by atoms with Gasteiger partial charge in [0.2, 0.25) is 5.91 Å². The zero-order valence-electron chi connectivity index (χ0n) is 14.2. The molecule has 0 bridgehead atoms. The van der Waals surface area contributed by atoms with E-state index in [0.717, 1.165) is 50.7 Å². The van der Waals surface area contributed by atoms with E-state index >= 15 is 0 Å². The first kappa shape index (κ1) is 16.9. The Kier molecular flexibility index (Phi) is 4.97. The number of hydrogen-bond acceptors (Lipinski definition) is 4. The van der Waals surface area contributed by atoms with E-state index in [0.29, 0.717) is 6.54 Å². The Morgan fingerprint density at radius 1 is 1.12 bits per heavy atom. The Balaban J connectivity index is 1.29. The van der Waals surface area contributed by atoms with Crippen LogP contribution in [0.5, 0.6) is 0 Å². The van der Waals surface area contributed by atoms with E-state index in [2.05, 4.69) is 27.3 Å². The molecule has 2 aliphatic heterocycles. The number of nitrogens with zero attached hydrogens (tertiary/aromatic N) is 3. The molecular formula is C19H22ClN3OS. The molecule has 2 aromatic rings. The first-order chi connectivity index (χ1) is 12.2. The van der Waals surface area contributed by atoms with Crippen molar-refractivity contribution in [2.24, 2.45) is 0 Å². The number of fused-ring (bicyclic) bond motifs is 1. The number of benzene rings is 1. The maximum atomic E-state index is 12.7. The molecule has 1 aromatic heterocycles. The maximum Gasteiger partial charge on any atom is 0.237 e. The van der Waals surface area contributed by atoms with Gasteiger partial charge in [-0.2, -0.15) is 0 Å². The van der Waals surface area contributed by atoms with Crippen molar-refractivity contribution in [3.05, 3.63) is 51.2 Å². The molecule has 2 aliphatic rings. The van der Waals surface area contributed by atoms with Crippen LogP contribution in [0.25, 0.3) is 0 Å². The van der Waals surface area contributed by atoms with Gasteiger partial charge in [-0.05, 0) is 41.6 Å². The van der Waals surface area contributed by atoms with Gasteiger partial charge in [-0.15, -0.1) is 11.3 Å². The third-order valence-corrected chi connectivity index (χ3v) is 6.32. The summed E-state index contributed by atoms with van der Waals surface area (Å²) in [6, 6.07) is 10.1. The van der Waals surface area contributed by atoms with E-state index in [9.17, 15) is 4.79 Å². The zero-order valence-corrected chi connectivity index (χ0v) is 15.7. The Morgan fingerprint density at radius 3 is 2.76 bits per heavy atom. The van der Waals surface area contributed by atoms with Crippen LogP contribution in [0.2, 0.25) is 5.02 Å². The van der Waals surface area contributed by atoms with Gasteiger partial charge in [-0.1, -0.05) is 17.7 Å². The molecule has 0 N–H and O–H groups in total. The standard InChI is InChI=1S/C19H22ClN3OS/c20-16-2-1-3-17(12-16)22-9-7-21(8-10-22)14-19(24)23-6-4-18-15(13-23)5-11-25-18/h1-3,5,11-12H,4,6-10,13-14H2. The number of amides is 1. The molecule has 1 amide bonds. The monoisotopic (exact) mass is 375 g/mol. The third-order valence-electron chi connectivity index (χ3n) is 5.06. The van der Waals surface area contributed by atoms with E-state index in [1.165, 1.54) is 16.1 Å². The van der Waals surface area contributed by atoms with Gasteiger partial charge >= 0.3 is 0 Å². The second-order valence-corrected chi connectivity index (χ2v) is 8.11. The van der Waals surface area contributed by atoms with Crippen LogP contribution in [0, 0.1) is 0 Å². The van der Waals surface area contributed by atoms with Crippen molar-refractivity contribution in [1.82, 2.24) is 9.80 Å². The minimum Gasteiger partial charge on any atom is -0.369 e. The van der Waals surface area contributed by atoms with Crippen molar-refractivity contribution < 1.29 is 4.79 Å². The fourth-order valence-electron chi connectivity index (χ4n) is 3.59. The minimum atomic E-state index is 0.257. The molecule has 132 valence electrons. The minimum absolute atomic E-state index is 0.257. The summed E-state index contributed by atoms with van der Waals surface area (Å²) in [5.41, 5.74) is 2.50. The molecule has 25 heavy (non-hydrogen) atoms. The van der Waals surface area contributed by atoms with Crippen LogP contribution in [-0.4, -0.2) is 55.0 Å². The maximum absolute atomic E-state index is 12.7. The Bertz CT molecular complexity index is 755. The second-order valence-electron chi connectivity index (χ2n) is 6.68. The molecule has 0 unspecified atom stereocenters. The smallest absolute Gasteiger partial charge is 0.237 e. The second kappa shape index (κ2) is 7.36. The average molecular weight is 376 g/mol. The van der Waals surface area contributed by atoms with Crippen molar-refractivity contribution in [3.8, 4) is 0 Å². The van der Waals surface area contributed by atoms with Crippen LogP contribution >= 0.6 is 22.9 Å². The van der Waals surface area contributed by atoms with Gasteiger partial charge in [0, 0.05) is 54.9 Å². The van der Waals surface area contributed by atoms with Gasteiger partial charge in [0.1, 0.15) is 0 Å². The number of carbonyl (C=O) groups excluding carboxylic acids is 1. The molecule has 0 spiro atoms. The van der Waals surface area contributed by atoms with E-state index in [1.54, 1.807) is 0 Å². The van der Waals surface area contributed by atoms with E-state index in [1.807, 2.05) is 34.4 Å². The van der Waals surface area contributed by atoms with Crippen LogP contribution in [-0.2, 0) is 17.8 Å². The largest absolute Gasteiger partial charge is 0.369 e. The van der Waals surface area contributed by atoms with Crippen molar-refractivity contribution in [3.63, 3.8) is 0 Å². The SMILES string of the molecule is O=C(CN1CCN(c2cccc(Cl)c2)CC1)N1CCc2sccc2C1. The molecule has 0 atom stereocenters. The lowest BCUT2D eigenvalue weighted by Crippen LogP contribution is -2.50. The van der Waals surface area contributed by atoms with E-state index in [4.69, 9.17) is 11.6 Å². The third kappa shape index (κ3) is 3.84. The summed E-state index contributed by atoms with van der Waals surface area (Å²) in [5.74, 6) is 0.257. The van der Waals surface area contributed by atoms with Crippen molar-refractivity contribution in [2.75, 3.05) is 44.2 Å². The molecule has 3 heterocycles. The molecule has 4 rings (SSSR count). The lowest BCUT2D eigenvalue weighted by atomic mass is 10.1. The normalized spacial score (nSPS) is 18.3. The highest BCUT2D eigenvalue weighted by Gasteiger charge is 2.25. The Morgan fingerprint density at radius 2 is 1.96 bits per heavy atom.